The Kier molecular flexibility index (Phi) is 3.67. The van der Waals surface area contributed by atoms with Crippen molar-refractivity contribution in [2.75, 3.05) is 6.54 Å². The predicted octanol–water partition coefficient (Wildman–Crippen LogP) is 3.35. The highest BCUT2D eigenvalue weighted by atomic mass is 35.5. The summed E-state index contributed by atoms with van der Waals surface area (Å²) >= 11 is 5.73. The molecular weight excluding hydrogens is 251 g/mol. The van der Waals surface area contributed by atoms with Gasteiger partial charge in [0.15, 0.2) is 0 Å². The molecule has 0 bridgehead atoms. The minimum atomic E-state index is -0.373. The fourth-order valence-corrected chi connectivity index (χ4v) is 2.81. The van der Waals surface area contributed by atoms with E-state index < -0.39 is 0 Å². The van der Waals surface area contributed by atoms with Crippen LogP contribution in [-0.2, 0) is 0 Å². The van der Waals surface area contributed by atoms with Crippen LogP contribution < -0.4 is 5.73 Å². The molecule has 100 valence electrons. The summed E-state index contributed by atoms with van der Waals surface area (Å²) in [6.45, 7) is 7.42. The third kappa shape index (κ3) is 2.53. The Morgan fingerprint density at radius 2 is 2.06 bits per heavy atom. The Balaban J connectivity index is 2.37. The largest absolute Gasteiger partial charge is 0.326 e. The van der Waals surface area contributed by atoms with E-state index in [2.05, 4.69) is 25.7 Å². The SMILES string of the molecule is CC(C)(C)N1CC[C@H](N)[C@@H]1c1ccc(Cl)c(F)c1. The Labute approximate surface area is 113 Å². The average molecular weight is 271 g/mol. The summed E-state index contributed by atoms with van der Waals surface area (Å²) in [6, 6.07) is 5.11. The second-order valence-corrected chi connectivity index (χ2v) is 6.34. The Hall–Kier alpha value is -0.640. The van der Waals surface area contributed by atoms with Crippen LogP contribution in [0.1, 0.15) is 38.8 Å². The molecule has 0 amide bonds. The van der Waals surface area contributed by atoms with Gasteiger partial charge in [-0.1, -0.05) is 17.7 Å². The predicted molar refractivity (Wildman–Crippen MR) is 73.2 cm³/mol. The molecule has 1 heterocycles. The van der Waals surface area contributed by atoms with E-state index in [1.54, 1.807) is 6.07 Å². The fourth-order valence-electron chi connectivity index (χ4n) is 2.69. The minimum Gasteiger partial charge on any atom is -0.326 e. The van der Waals surface area contributed by atoms with Gasteiger partial charge in [-0.15, -0.1) is 0 Å². The maximum atomic E-state index is 13.6. The summed E-state index contributed by atoms with van der Waals surface area (Å²) in [4.78, 5) is 2.33. The molecule has 1 saturated heterocycles. The molecule has 2 N–H and O–H groups in total. The summed E-state index contributed by atoms with van der Waals surface area (Å²) < 4.78 is 13.6. The lowest BCUT2D eigenvalue weighted by molar-refractivity contribution is 0.117. The van der Waals surface area contributed by atoms with Crippen LogP contribution in [0.2, 0.25) is 5.02 Å². The zero-order valence-corrected chi connectivity index (χ0v) is 11.8. The first-order valence-electron chi connectivity index (χ1n) is 6.28. The molecule has 1 aromatic carbocycles. The van der Waals surface area contributed by atoms with Gasteiger partial charge in [-0.25, -0.2) is 4.39 Å². The average Bonchev–Trinajstić information content (AvgIpc) is 2.64. The molecule has 1 fully saturated rings. The highest BCUT2D eigenvalue weighted by Gasteiger charge is 2.38. The summed E-state index contributed by atoms with van der Waals surface area (Å²) in [5.41, 5.74) is 7.13. The number of nitrogens with two attached hydrogens (primary N) is 1. The molecular formula is C14H20ClFN2. The number of hydrogen-bond acceptors (Lipinski definition) is 2. The van der Waals surface area contributed by atoms with E-state index in [-0.39, 0.29) is 28.5 Å². The van der Waals surface area contributed by atoms with Crippen molar-refractivity contribution < 1.29 is 4.39 Å². The highest BCUT2D eigenvalue weighted by molar-refractivity contribution is 6.30. The van der Waals surface area contributed by atoms with E-state index in [1.165, 1.54) is 6.07 Å². The van der Waals surface area contributed by atoms with Crippen molar-refractivity contribution in [3.05, 3.63) is 34.6 Å². The molecule has 0 aliphatic carbocycles. The molecule has 2 atom stereocenters. The smallest absolute Gasteiger partial charge is 0.142 e. The van der Waals surface area contributed by atoms with Crippen molar-refractivity contribution in [3.8, 4) is 0 Å². The normalized spacial score (nSPS) is 25.7. The van der Waals surface area contributed by atoms with Gasteiger partial charge in [-0.2, -0.15) is 0 Å². The summed E-state index contributed by atoms with van der Waals surface area (Å²) in [5.74, 6) is -0.373. The molecule has 1 aliphatic heterocycles. The van der Waals surface area contributed by atoms with Gasteiger partial charge in [0.2, 0.25) is 0 Å². The second-order valence-electron chi connectivity index (χ2n) is 5.94. The molecule has 1 aromatic rings. The zero-order chi connectivity index (χ0) is 13.5. The van der Waals surface area contributed by atoms with E-state index in [9.17, 15) is 4.39 Å². The second kappa shape index (κ2) is 4.80. The highest BCUT2D eigenvalue weighted by Crippen LogP contribution is 2.37. The third-order valence-corrected chi connectivity index (χ3v) is 3.90. The maximum absolute atomic E-state index is 13.6. The van der Waals surface area contributed by atoms with Crippen molar-refractivity contribution in [1.82, 2.24) is 4.90 Å². The fraction of sp³-hybridized carbons (Fsp3) is 0.571. The molecule has 0 saturated carbocycles. The van der Waals surface area contributed by atoms with E-state index in [0.717, 1.165) is 18.5 Å². The van der Waals surface area contributed by atoms with Gasteiger partial charge < -0.3 is 5.73 Å². The summed E-state index contributed by atoms with van der Waals surface area (Å²) in [7, 11) is 0. The van der Waals surface area contributed by atoms with E-state index in [0.29, 0.717) is 0 Å². The van der Waals surface area contributed by atoms with Gasteiger partial charge in [-0.3, -0.25) is 4.90 Å². The van der Waals surface area contributed by atoms with Gasteiger partial charge >= 0.3 is 0 Å². The molecule has 2 nitrogen and oxygen atoms in total. The Morgan fingerprint density at radius 1 is 1.39 bits per heavy atom. The molecule has 0 aromatic heterocycles. The number of rotatable bonds is 1. The number of likely N-dealkylation sites (tertiary alicyclic amines) is 1. The van der Waals surface area contributed by atoms with Crippen LogP contribution in [0.15, 0.2) is 18.2 Å². The van der Waals surface area contributed by atoms with Crippen molar-refractivity contribution in [2.45, 2.75) is 44.8 Å². The van der Waals surface area contributed by atoms with E-state index >= 15 is 0 Å². The van der Waals surface area contributed by atoms with Gasteiger partial charge in [0, 0.05) is 18.1 Å². The lowest BCUT2D eigenvalue weighted by Gasteiger charge is -2.38. The van der Waals surface area contributed by atoms with Crippen molar-refractivity contribution in [1.29, 1.82) is 0 Å². The van der Waals surface area contributed by atoms with Crippen LogP contribution in [0.4, 0.5) is 4.39 Å². The first kappa shape index (κ1) is 13.8. The lowest BCUT2D eigenvalue weighted by atomic mass is 9.97. The lowest BCUT2D eigenvalue weighted by Crippen LogP contribution is -2.43. The molecule has 2 rings (SSSR count). The van der Waals surface area contributed by atoms with Crippen LogP contribution in [-0.4, -0.2) is 23.0 Å². The van der Waals surface area contributed by atoms with E-state index in [1.807, 2.05) is 6.07 Å². The molecule has 0 radical (unpaired) electrons. The zero-order valence-electron chi connectivity index (χ0n) is 11.1. The van der Waals surface area contributed by atoms with Crippen LogP contribution in [0.5, 0.6) is 0 Å². The Bertz CT molecular complexity index is 442. The van der Waals surface area contributed by atoms with E-state index in [4.69, 9.17) is 17.3 Å². The van der Waals surface area contributed by atoms with Gasteiger partial charge in [0.05, 0.1) is 11.1 Å². The van der Waals surface area contributed by atoms with Crippen molar-refractivity contribution in [2.24, 2.45) is 5.73 Å². The van der Waals surface area contributed by atoms with Crippen molar-refractivity contribution >= 4 is 11.6 Å². The minimum absolute atomic E-state index is 0.0227. The molecule has 4 heteroatoms. The van der Waals surface area contributed by atoms with Gasteiger partial charge in [-0.05, 0) is 44.9 Å². The van der Waals surface area contributed by atoms with Crippen LogP contribution in [0.3, 0.4) is 0 Å². The number of nitrogens with zero attached hydrogens (tertiary/aromatic N) is 1. The number of halogens is 2. The first-order valence-corrected chi connectivity index (χ1v) is 6.66. The van der Waals surface area contributed by atoms with Crippen LogP contribution >= 0.6 is 11.6 Å². The third-order valence-electron chi connectivity index (χ3n) is 3.59. The Morgan fingerprint density at radius 3 is 2.61 bits per heavy atom. The molecule has 0 spiro atoms. The standard InChI is InChI=1S/C14H20ClFN2/c1-14(2,3)18-7-6-12(17)13(18)9-4-5-10(15)11(16)8-9/h4-5,8,12-13H,6-7,17H2,1-3H3/t12-,13-/m0/s1. The number of benzene rings is 1. The van der Waals surface area contributed by atoms with Crippen LogP contribution in [0, 0.1) is 5.82 Å². The maximum Gasteiger partial charge on any atom is 0.142 e. The molecule has 0 unspecified atom stereocenters. The van der Waals surface area contributed by atoms with Gasteiger partial charge in [0.25, 0.3) is 0 Å². The first-order chi connectivity index (χ1) is 8.30. The number of hydrogen-bond donors (Lipinski definition) is 1. The monoisotopic (exact) mass is 270 g/mol. The van der Waals surface area contributed by atoms with Crippen LogP contribution in [0.25, 0.3) is 0 Å². The quantitative estimate of drug-likeness (QED) is 0.848. The molecule has 1 aliphatic rings. The topological polar surface area (TPSA) is 29.3 Å². The van der Waals surface area contributed by atoms with Gasteiger partial charge in [0.1, 0.15) is 5.82 Å². The summed E-state index contributed by atoms with van der Waals surface area (Å²) in [6.07, 6.45) is 0.937. The molecule has 18 heavy (non-hydrogen) atoms. The van der Waals surface area contributed by atoms with Crippen molar-refractivity contribution in [3.63, 3.8) is 0 Å². The summed E-state index contributed by atoms with van der Waals surface area (Å²) in [5, 5.41) is 0.160.